The van der Waals surface area contributed by atoms with Gasteiger partial charge in [-0.15, -0.1) is 0 Å². The van der Waals surface area contributed by atoms with Crippen LogP contribution in [0.1, 0.15) is 85.5 Å². The lowest BCUT2D eigenvalue weighted by Crippen LogP contribution is -2.55. The van der Waals surface area contributed by atoms with Crippen LogP contribution in [0.25, 0.3) is 0 Å². The Morgan fingerprint density at radius 1 is 0.958 bits per heavy atom. The molecule has 6 unspecified atom stereocenters. The number of rotatable bonds is 1. The first-order valence-electron chi connectivity index (χ1n) is 10.2. The van der Waals surface area contributed by atoms with E-state index in [-0.39, 0.29) is 10.8 Å². The molecule has 2 nitrogen and oxygen atoms in total. The van der Waals surface area contributed by atoms with Gasteiger partial charge in [0.25, 0.3) is 0 Å². The van der Waals surface area contributed by atoms with E-state index in [0.717, 1.165) is 43.4 Å². The third-order valence-electron chi connectivity index (χ3n) is 9.86. The Kier molecular flexibility index (Phi) is 3.62. The van der Waals surface area contributed by atoms with Gasteiger partial charge in [-0.3, -0.25) is 9.59 Å². The molecule has 0 saturated heterocycles. The molecule has 4 aliphatic rings. The summed E-state index contributed by atoms with van der Waals surface area (Å²) in [6.45, 7) is 9.01. The normalized spacial score (nSPS) is 53.9. The molecule has 4 saturated carbocycles. The average molecular weight is 331 g/mol. The minimum atomic E-state index is -0.108. The summed E-state index contributed by atoms with van der Waals surface area (Å²) in [6, 6.07) is 0. The van der Waals surface area contributed by atoms with Gasteiger partial charge in [0.15, 0.2) is 0 Å². The molecule has 0 aliphatic heterocycles. The van der Waals surface area contributed by atoms with Crippen molar-refractivity contribution in [1.29, 1.82) is 0 Å². The summed E-state index contributed by atoms with van der Waals surface area (Å²) in [5, 5.41) is 0. The number of Topliss-reactive ketones (excluding diaryl/α,β-unsaturated/α-hetero) is 2. The van der Waals surface area contributed by atoms with Crippen molar-refractivity contribution in [3.05, 3.63) is 0 Å². The van der Waals surface area contributed by atoms with E-state index in [9.17, 15) is 9.59 Å². The van der Waals surface area contributed by atoms with E-state index in [0.29, 0.717) is 22.9 Å². The molecule has 24 heavy (non-hydrogen) atoms. The van der Waals surface area contributed by atoms with Crippen LogP contribution in [0.15, 0.2) is 0 Å². The third-order valence-corrected chi connectivity index (χ3v) is 9.86. The second-order valence-corrected chi connectivity index (χ2v) is 10.3. The number of carbonyl (C=O) groups excluding carboxylic acids is 2. The fraction of sp³-hybridized carbons (Fsp3) is 0.909. The Hall–Kier alpha value is -0.660. The van der Waals surface area contributed by atoms with Crippen molar-refractivity contribution < 1.29 is 9.59 Å². The average Bonchev–Trinajstić information content (AvgIpc) is 2.81. The van der Waals surface area contributed by atoms with Crippen LogP contribution >= 0.6 is 0 Å². The first kappa shape index (κ1) is 16.8. The van der Waals surface area contributed by atoms with Crippen LogP contribution < -0.4 is 0 Å². The summed E-state index contributed by atoms with van der Waals surface area (Å²) in [5.74, 6) is 3.84. The molecular weight excluding hydrogens is 296 g/mol. The van der Waals surface area contributed by atoms with Crippen molar-refractivity contribution in [3.63, 3.8) is 0 Å². The lowest BCUT2D eigenvalue weighted by Gasteiger charge is -2.61. The molecule has 0 aromatic heterocycles. The molecule has 0 N–H and O–H groups in total. The Balaban J connectivity index is 1.66. The Bertz CT molecular complexity index is 581. The molecule has 0 bridgehead atoms. The monoisotopic (exact) mass is 330 g/mol. The number of hydrogen-bond acceptors (Lipinski definition) is 2. The summed E-state index contributed by atoms with van der Waals surface area (Å²) < 4.78 is 0. The van der Waals surface area contributed by atoms with Gasteiger partial charge in [0, 0.05) is 18.3 Å². The first-order chi connectivity index (χ1) is 11.2. The van der Waals surface area contributed by atoms with Crippen molar-refractivity contribution in [1.82, 2.24) is 0 Å². The highest BCUT2D eigenvalue weighted by Gasteiger charge is 2.64. The Labute approximate surface area is 147 Å². The zero-order chi connectivity index (χ0) is 17.3. The molecule has 0 spiro atoms. The van der Waals surface area contributed by atoms with E-state index < -0.39 is 0 Å². The molecular formula is C22H34O2. The van der Waals surface area contributed by atoms with E-state index >= 15 is 0 Å². The number of carbonyl (C=O) groups is 2. The molecule has 0 heterocycles. The van der Waals surface area contributed by atoms with Gasteiger partial charge in [-0.1, -0.05) is 20.8 Å². The minimum Gasteiger partial charge on any atom is -0.300 e. The lowest BCUT2D eigenvalue weighted by atomic mass is 9.43. The fourth-order valence-corrected chi connectivity index (χ4v) is 7.89. The van der Waals surface area contributed by atoms with E-state index in [2.05, 4.69) is 20.8 Å². The molecule has 7 atom stereocenters. The van der Waals surface area contributed by atoms with Crippen LogP contribution in [0.4, 0.5) is 0 Å². The van der Waals surface area contributed by atoms with Gasteiger partial charge in [0.05, 0.1) is 0 Å². The second-order valence-electron chi connectivity index (χ2n) is 10.3. The van der Waals surface area contributed by atoms with Gasteiger partial charge >= 0.3 is 0 Å². The van der Waals surface area contributed by atoms with Crippen LogP contribution in [-0.2, 0) is 9.59 Å². The van der Waals surface area contributed by atoms with Gasteiger partial charge in [-0.05, 0) is 86.4 Å². The highest BCUT2D eigenvalue weighted by Crippen LogP contribution is 2.70. The Morgan fingerprint density at radius 3 is 2.38 bits per heavy atom. The zero-order valence-electron chi connectivity index (χ0n) is 16.0. The zero-order valence-corrected chi connectivity index (χ0v) is 16.0. The van der Waals surface area contributed by atoms with Gasteiger partial charge in [0.2, 0.25) is 0 Å². The lowest BCUT2D eigenvalue weighted by molar-refractivity contribution is -0.151. The minimum absolute atomic E-state index is 0.108. The number of hydrogen-bond donors (Lipinski definition) is 0. The molecule has 4 fully saturated rings. The maximum atomic E-state index is 12.5. The number of fused-ring (bicyclic) bond motifs is 5. The summed E-state index contributed by atoms with van der Waals surface area (Å²) in [5.41, 5.74) is 0.476. The second kappa shape index (κ2) is 5.17. The Morgan fingerprint density at radius 2 is 1.67 bits per heavy atom. The van der Waals surface area contributed by atoms with Crippen molar-refractivity contribution in [2.24, 2.45) is 39.9 Å². The van der Waals surface area contributed by atoms with Crippen molar-refractivity contribution in [2.45, 2.75) is 85.5 Å². The first-order valence-corrected chi connectivity index (χ1v) is 10.2. The predicted octanol–water partition coefficient (Wildman–Crippen LogP) is 5.19. The third kappa shape index (κ3) is 1.95. The van der Waals surface area contributed by atoms with E-state index in [1.54, 1.807) is 0 Å². The quantitative estimate of drug-likeness (QED) is 0.662. The molecule has 134 valence electrons. The number of ketones is 2. The van der Waals surface area contributed by atoms with Gasteiger partial charge < -0.3 is 0 Å². The maximum Gasteiger partial charge on any atom is 0.136 e. The van der Waals surface area contributed by atoms with Crippen LogP contribution in [0.2, 0.25) is 0 Å². The SMILES string of the molecule is CC(=O)[C@@]1(C)CCC2C3CCC4CC(=O)CCC4(C)C3CCC21C. The van der Waals surface area contributed by atoms with Crippen LogP contribution in [0, 0.1) is 39.9 Å². The highest BCUT2D eigenvalue weighted by molar-refractivity contribution is 5.83. The van der Waals surface area contributed by atoms with Gasteiger partial charge in [-0.2, -0.15) is 0 Å². The van der Waals surface area contributed by atoms with E-state index in [4.69, 9.17) is 0 Å². The molecule has 2 heteroatoms. The molecule has 0 aromatic rings. The molecule has 4 aliphatic carbocycles. The highest BCUT2D eigenvalue weighted by atomic mass is 16.1. The smallest absolute Gasteiger partial charge is 0.136 e. The van der Waals surface area contributed by atoms with E-state index in [1.807, 2.05) is 6.92 Å². The molecule has 0 aromatic carbocycles. The van der Waals surface area contributed by atoms with Crippen LogP contribution in [0.5, 0.6) is 0 Å². The van der Waals surface area contributed by atoms with E-state index in [1.165, 1.54) is 32.1 Å². The summed E-state index contributed by atoms with van der Waals surface area (Å²) in [7, 11) is 0. The molecule has 0 radical (unpaired) electrons. The van der Waals surface area contributed by atoms with Crippen molar-refractivity contribution >= 4 is 11.6 Å². The summed E-state index contributed by atoms with van der Waals surface area (Å²) in [4.78, 5) is 24.5. The summed E-state index contributed by atoms with van der Waals surface area (Å²) >= 11 is 0. The van der Waals surface area contributed by atoms with Crippen molar-refractivity contribution in [2.75, 3.05) is 0 Å². The molecule has 4 rings (SSSR count). The summed E-state index contributed by atoms with van der Waals surface area (Å²) in [6.07, 6.45) is 10.1. The fourth-order valence-electron chi connectivity index (χ4n) is 7.89. The maximum absolute atomic E-state index is 12.5. The topological polar surface area (TPSA) is 34.1 Å². The van der Waals surface area contributed by atoms with Gasteiger partial charge in [0.1, 0.15) is 11.6 Å². The standard InChI is InChI=1S/C22H34O2/c1-14(23)21(3)11-9-19-17-6-5-15-13-16(24)7-10-20(15,2)18(17)8-12-22(19,21)4/h15,17-19H,5-13H2,1-4H3/t15?,17?,18?,19?,20?,21-,22?/m1/s1. The van der Waals surface area contributed by atoms with Crippen LogP contribution in [-0.4, -0.2) is 11.6 Å². The predicted molar refractivity (Wildman–Crippen MR) is 95.5 cm³/mol. The van der Waals surface area contributed by atoms with Crippen molar-refractivity contribution in [3.8, 4) is 0 Å². The van der Waals surface area contributed by atoms with Gasteiger partial charge in [-0.25, -0.2) is 0 Å². The van der Waals surface area contributed by atoms with Crippen LogP contribution in [0.3, 0.4) is 0 Å². The molecule has 0 amide bonds. The largest absolute Gasteiger partial charge is 0.300 e.